The number of amides is 1. The van der Waals surface area contributed by atoms with Crippen LogP contribution in [0.4, 0.5) is 0 Å². The van der Waals surface area contributed by atoms with E-state index >= 15 is 0 Å². The molecule has 2 N–H and O–H groups in total. The summed E-state index contributed by atoms with van der Waals surface area (Å²) in [5.41, 5.74) is -0.367. The Morgan fingerprint density at radius 2 is 2.10 bits per heavy atom. The number of aromatic nitrogens is 3. The van der Waals surface area contributed by atoms with Crippen LogP contribution in [-0.2, 0) is 22.7 Å². The molecule has 1 aromatic heterocycles. The van der Waals surface area contributed by atoms with E-state index in [4.69, 9.17) is 5.11 Å². The fraction of sp³-hybridized carbons (Fsp3) is 0.714. The Labute approximate surface area is 123 Å². The lowest BCUT2D eigenvalue weighted by Gasteiger charge is -2.26. The number of nitrogens with one attached hydrogen (secondary N) is 1. The summed E-state index contributed by atoms with van der Waals surface area (Å²) >= 11 is 0. The van der Waals surface area contributed by atoms with Gasteiger partial charge in [0.05, 0.1) is 13.0 Å². The van der Waals surface area contributed by atoms with E-state index < -0.39 is 5.97 Å². The average molecular weight is 294 g/mol. The van der Waals surface area contributed by atoms with Crippen LogP contribution in [0.1, 0.15) is 51.3 Å². The first-order chi connectivity index (χ1) is 10.0. The van der Waals surface area contributed by atoms with Crippen molar-refractivity contribution in [2.45, 2.75) is 58.5 Å². The van der Waals surface area contributed by atoms with Gasteiger partial charge < -0.3 is 15.0 Å². The Hall–Kier alpha value is -1.92. The minimum absolute atomic E-state index is 0.0750. The Balaban J connectivity index is 1.89. The number of carboxylic acid groups (broad SMARTS) is 1. The molecule has 116 valence electrons. The quantitative estimate of drug-likeness (QED) is 0.791. The lowest BCUT2D eigenvalue weighted by atomic mass is 9.79. The SMILES string of the molecule is CCn1cnnc1CNC(=O)CC1(CC(=O)O)CCCC1. The molecule has 0 aromatic carbocycles. The van der Waals surface area contributed by atoms with Gasteiger partial charge in [0.25, 0.3) is 0 Å². The molecule has 1 aliphatic carbocycles. The first-order valence-electron chi connectivity index (χ1n) is 7.40. The number of hydrogen-bond acceptors (Lipinski definition) is 4. The number of rotatable bonds is 7. The topological polar surface area (TPSA) is 97.1 Å². The molecular formula is C14H22N4O3. The van der Waals surface area contributed by atoms with Crippen molar-refractivity contribution in [2.24, 2.45) is 5.41 Å². The van der Waals surface area contributed by atoms with Crippen LogP contribution in [0.5, 0.6) is 0 Å². The molecule has 0 radical (unpaired) electrons. The smallest absolute Gasteiger partial charge is 0.303 e. The zero-order chi connectivity index (χ0) is 15.3. The van der Waals surface area contributed by atoms with Crippen molar-refractivity contribution >= 4 is 11.9 Å². The molecular weight excluding hydrogens is 272 g/mol. The highest BCUT2D eigenvalue weighted by Crippen LogP contribution is 2.43. The van der Waals surface area contributed by atoms with Gasteiger partial charge >= 0.3 is 5.97 Å². The Morgan fingerprint density at radius 3 is 2.71 bits per heavy atom. The molecule has 1 saturated carbocycles. The van der Waals surface area contributed by atoms with Gasteiger partial charge in [-0.3, -0.25) is 9.59 Å². The molecule has 21 heavy (non-hydrogen) atoms. The maximum atomic E-state index is 12.1. The van der Waals surface area contributed by atoms with E-state index in [0.717, 1.165) is 32.2 Å². The summed E-state index contributed by atoms with van der Waals surface area (Å²) in [4.78, 5) is 23.1. The van der Waals surface area contributed by atoms with Gasteiger partial charge in [-0.05, 0) is 25.2 Å². The van der Waals surface area contributed by atoms with Crippen molar-refractivity contribution in [2.75, 3.05) is 0 Å². The number of carbonyl (C=O) groups excluding carboxylic acids is 1. The fourth-order valence-corrected chi connectivity index (χ4v) is 3.12. The van der Waals surface area contributed by atoms with Crippen LogP contribution < -0.4 is 5.32 Å². The van der Waals surface area contributed by atoms with E-state index in [1.54, 1.807) is 6.33 Å². The van der Waals surface area contributed by atoms with E-state index in [9.17, 15) is 9.59 Å². The Morgan fingerprint density at radius 1 is 1.38 bits per heavy atom. The highest BCUT2D eigenvalue weighted by atomic mass is 16.4. The van der Waals surface area contributed by atoms with Crippen molar-refractivity contribution in [3.63, 3.8) is 0 Å². The Bertz CT molecular complexity index is 506. The minimum atomic E-state index is -0.824. The molecule has 7 heteroatoms. The second kappa shape index (κ2) is 6.69. The Kier molecular flexibility index (Phi) is 4.93. The molecule has 2 rings (SSSR count). The van der Waals surface area contributed by atoms with Gasteiger partial charge in [0.1, 0.15) is 6.33 Å². The molecule has 7 nitrogen and oxygen atoms in total. The molecule has 0 bridgehead atoms. The summed E-state index contributed by atoms with van der Waals surface area (Å²) < 4.78 is 1.86. The first-order valence-corrected chi connectivity index (χ1v) is 7.40. The molecule has 0 spiro atoms. The van der Waals surface area contributed by atoms with Gasteiger partial charge in [-0.1, -0.05) is 12.8 Å². The molecule has 1 amide bonds. The van der Waals surface area contributed by atoms with Gasteiger partial charge in [0, 0.05) is 13.0 Å². The average Bonchev–Trinajstić information content (AvgIpc) is 3.04. The van der Waals surface area contributed by atoms with Gasteiger partial charge in [0.2, 0.25) is 5.91 Å². The molecule has 0 aliphatic heterocycles. The number of aliphatic carboxylic acids is 1. The minimum Gasteiger partial charge on any atom is -0.481 e. The largest absolute Gasteiger partial charge is 0.481 e. The fourth-order valence-electron chi connectivity index (χ4n) is 3.12. The standard InChI is InChI=1S/C14H22N4O3/c1-2-18-10-16-17-11(18)9-15-12(19)7-14(8-13(20)21)5-3-4-6-14/h10H,2-9H2,1H3,(H,15,19)(H,20,21). The van der Waals surface area contributed by atoms with Crippen LogP contribution in [-0.4, -0.2) is 31.7 Å². The molecule has 0 unspecified atom stereocenters. The molecule has 0 atom stereocenters. The second-order valence-corrected chi connectivity index (χ2v) is 5.76. The summed E-state index contributed by atoms with van der Waals surface area (Å²) in [6.07, 6.45) is 5.63. The molecule has 1 heterocycles. The van der Waals surface area contributed by atoms with Gasteiger partial charge in [-0.15, -0.1) is 10.2 Å². The van der Waals surface area contributed by atoms with E-state index in [1.807, 2.05) is 11.5 Å². The van der Waals surface area contributed by atoms with Crippen LogP contribution >= 0.6 is 0 Å². The summed E-state index contributed by atoms with van der Waals surface area (Å²) in [7, 11) is 0. The molecule has 0 saturated heterocycles. The van der Waals surface area contributed by atoms with Crippen molar-refractivity contribution in [3.05, 3.63) is 12.2 Å². The monoisotopic (exact) mass is 294 g/mol. The van der Waals surface area contributed by atoms with E-state index in [2.05, 4.69) is 15.5 Å². The maximum Gasteiger partial charge on any atom is 0.303 e. The van der Waals surface area contributed by atoms with Gasteiger partial charge in [0.15, 0.2) is 5.82 Å². The lowest BCUT2D eigenvalue weighted by Crippen LogP contribution is -2.32. The normalized spacial score (nSPS) is 16.8. The predicted octanol–water partition coefficient (Wildman–Crippen LogP) is 1.34. The number of nitrogens with zero attached hydrogens (tertiary/aromatic N) is 3. The highest BCUT2D eigenvalue weighted by Gasteiger charge is 2.37. The van der Waals surface area contributed by atoms with Gasteiger partial charge in [-0.2, -0.15) is 0 Å². The van der Waals surface area contributed by atoms with Crippen molar-refractivity contribution in [1.29, 1.82) is 0 Å². The van der Waals surface area contributed by atoms with Crippen molar-refractivity contribution < 1.29 is 14.7 Å². The molecule has 1 fully saturated rings. The summed E-state index contributed by atoms with van der Waals surface area (Å²) in [5, 5.41) is 19.6. The van der Waals surface area contributed by atoms with Crippen molar-refractivity contribution in [1.82, 2.24) is 20.1 Å². The number of carboxylic acids is 1. The van der Waals surface area contributed by atoms with Crippen LogP contribution in [0.3, 0.4) is 0 Å². The van der Waals surface area contributed by atoms with E-state index in [-0.39, 0.29) is 24.2 Å². The summed E-state index contributed by atoms with van der Waals surface area (Å²) in [5.74, 6) is -0.219. The van der Waals surface area contributed by atoms with Crippen LogP contribution in [0.25, 0.3) is 0 Å². The summed E-state index contributed by atoms with van der Waals surface area (Å²) in [6.45, 7) is 3.06. The first kappa shape index (κ1) is 15.5. The molecule has 1 aliphatic rings. The molecule has 1 aromatic rings. The third-order valence-corrected chi connectivity index (χ3v) is 4.21. The number of hydrogen-bond donors (Lipinski definition) is 2. The lowest BCUT2D eigenvalue weighted by molar-refractivity contribution is -0.140. The second-order valence-electron chi connectivity index (χ2n) is 5.76. The highest BCUT2D eigenvalue weighted by molar-refractivity contribution is 5.78. The summed E-state index contributed by atoms with van der Waals surface area (Å²) in [6, 6.07) is 0. The van der Waals surface area contributed by atoms with E-state index in [0.29, 0.717) is 12.4 Å². The van der Waals surface area contributed by atoms with E-state index in [1.165, 1.54) is 0 Å². The maximum absolute atomic E-state index is 12.1. The van der Waals surface area contributed by atoms with Crippen LogP contribution in [0, 0.1) is 5.41 Å². The van der Waals surface area contributed by atoms with Crippen LogP contribution in [0.15, 0.2) is 6.33 Å². The van der Waals surface area contributed by atoms with Gasteiger partial charge in [-0.25, -0.2) is 0 Å². The number of carbonyl (C=O) groups is 2. The van der Waals surface area contributed by atoms with Crippen molar-refractivity contribution in [3.8, 4) is 0 Å². The third kappa shape index (κ3) is 4.03. The number of aryl methyl sites for hydroxylation is 1. The zero-order valence-electron chi connectivity index (χ0n) is 12.3. The van der Waals surface area contributed by atoms with Crippen LogP contribution in [0.2, 0.25) is 0 Å². The third-order valence-electron chi connectivity index (χ3n) is 4.21. The predicted molar refractivity (Wildman–Crippen MR) is 75.3 cm³/mol. The zero-order valence-corrected chi connectivity index (χ0v) is 12.3.